The van der Waals surface area contributed by atoms with Crippen molar-refractivity contribution in [1.29, 1.82) is 0 Å². The summed E-state index contributed by atoms with van der Waals surface area (Å²) in [6.45, 7) is 7.24. The van der Waals surface area contributed by atoms with Crippen molar-refractivity contribution >= 4 is 21.7 Å². The molecule has 0 spiro atoms. The number of rotatable bonds is 3. The van der Waals surface area contributed by atoms with Crippen LogP contribution in [0.2, 0.25) is 0 Å². The quantitative estimate of drug-likeness (QED) is 0.880. The average Bonchev–Trinajstić information content (AvgIpc) is 2.65. The molecule has 1 fully saturated rings. The summed E-state index contributed by atoms with van der Waals surface area (Å²) in [5, 5.41) is 2.89. The van der Waals surface area contributed by atoms with Crippen LogP contribution in [0, 0.1) is 20.8 Å². The zero-order valence-corrected chi connectivity index (χ0v) is 16.7. The first-order chi connectivity index (χ1) is 12.8. The minimum Gasteiger partial charge on any atom is -0.322 e. The number of hydrogen-bond donors (Lipinski definition) is 1. The van der Waals surface area contributed by atoms with Crippen molar-refractivity contribution in [2.24, 2.45) is 0 Å². The molecule has 2 amide bonds. The second-order valence-electron chi connectivity index (χ2n) is 6.93. The highest BCUT2D eigenvalue weighted by molar-refractivity contribution is 7.89. The summed E-state index contributed by atoms with van der Waals surface area (Å²) in [7, 11) is -3.52. The van der Waals surface area contributed by atoms with Crippen molar-refractivity contribution in [3.05, 3.63) is 59.2 Å². The van der Waals surface area contributed by atoms with Gasteiger partial charge in [-0.25, -0.2) is 13.2 Å². The number of urea groups is 1. The summed E-state index contributed by atoms with van der Waals surface area (Å²) < 4.78 is 26.9. The number of carbonyl (C=O) groups excluding carboxylic acids is 1. The predicted octanol–water partition coefficient (Wildman–Crippen LogP) is 3.15. The first-order valence-electron chi connectivity index (χ1n) is 8.97. The van der Waals surface area contributed by atoms with Gasteiger partial charge in [0.1, 0.15) is 0 Å². The maximum Gasteiger partial charge on any atom is 0.321 e. The SMILES string of the molecule is Cc1ccc(S(=O)(=O)N2CCN(C(=O)Nc3ccc(C)c(C)c3)CC2)cc1. The van der Waals surface area contributed by atoms with E-state index in [-0.39, 0.29) is 19.1 Å². The zero-order chi connectivity index (χ0) is 19.6. The third kappa shape index (κ3) is 4.31. The van der Waals surface area contributed by atoms with E-state index in [1.165, 1.54) is 9.87 Å². The Labute approximate surface area is 160 Å². The normalized spacial score (nSPS) is 15.6. The summed E-state index contributed by atoms with van der Waals surface area (Å²) >= 11 is 0. The largest absolute Gasteiger partial charge is 0.322 e. The third-order valence-electron chi connectivity index (χ3n) is 4.94. The van der Waals surface area contributed by atoms with E-state index in [1.54, 1.807) is 29.2 Å². The van der Waals surface area contributed by atoms with Crippen molar-refractivity contribution in [3.63, 3.8) is 0 Å². The van der Waals surface area contributed by atoms with Gasteiger partial charge in [0.05, 0.1) is 4.90 Å². The average molecular weight is 388 g/mol. The molecule has 0 aliphatic carbocycles. The molecule has 0 bridgehead atoms. The number of sulfonamides is 1. The molecule has 2 aromatic rings. The molecular weight excluding hydrogens is 362 g/mol. The molecule has 3 rings (SSSR count). The molecule has 0 aromatic heterocycles. The van der Waals surface area contributed by atoms with Crippen molar-refractivity contribution in [2.45, 2.75) is 25.7 Å². The topological polar surface area (TPSA) is 69.7 Å². The molecule has 1 aliphatic rings. The second-order valence-corrected chi connectivity index (χ2v) is 8.87. The first kappa shape index (κ1) is 19.4. The molecule has 7 heteroatoms. The van der Waals surface area contributed by atoms with Crippen LogP contribution in [0.5, 0.6) is 0 Å². The van der Waals surface area contributed by atoms with E-state index >= 15 is 0 Å². The van der Waals surface area contributed by atoms with Crippen molar-refractivity contribution in [2.75, 3.05) is 31.5 Å². The standard InChI is InChI=1S/C20H25N3O3S/c1-15-4-8-19(9-5-15)27(25,26)23-12-10-22(11-13-23)20(24)21-18-7-6-16(2)17(3)14-18/h4-9,14H,10-13H2,1-3H3,(H,21,24). The number of hydrogen-bond acceptors (Lipinski definition) is 3. The van der Waals surface area contributed by atoms with Crippen molar-refractivity contribution in [3.8, 4) is 0 Å². The Morgan fingerprint density at radius 3 is 2.11 bits per heavy atom. The number of nitrogens with zero attached hydrogens (tertiary/aromatic N) is 2. The van der Waals surface area contributed by atoms with E-state index in [1.807, 2.05) is 39.0 Å². The van der Waals surface area contributed by atoms with Gasteiger partial charge in [-0.2, -0.15) is 4.31 Å². The monoisotopic (exact) mass is 387 g/mol. The number of piperazine rings is 1. The Morgan fingerprint density at radius 2 is 1.52 bits per heavy atom. The van der Waals surface area contributed by atoms with Crippen LogP contribution in [0.1, 0.15) is 16.7 Å². The highest BCUT2D eigenvalue weighted by Crippen LogP contribution is 2.19. The summed E-state index contributed by atoms with van der Waals surface area (Å²) in [6.07, 6.45) is 0. The van der Waals surface area contributed by atoms with Crippen LogP contribution in [0.4, 0.5) is 10.5 Å². The minimum absolute atomic E-state index is 0.203. The van der Waals surface area contributed by atoms with Crippen LogP contribution >= 0.6 is 0 Å². The van der Waals surface area contributed by atoms with E-state index in [2.05, 4.69) is 5.32 Å². The molecule has 1 saturated heterocycles. The predicted molar refractivity (Wildman–Crippen MR) is 106 cm³/mol. The zero-order valence-electron chi connectivity index (χ0n) is 15.9. The lowest BCUT2D eigenvalue weighted by atomic mass is 10.1. The highest BCUT2D eigenvalue weighted by Gasteiger charge is 2.30. The third-order valence-corrected chi connectivity index (χ3v) is 6.86. The van der Waals surface area contributed by atoms with E-state index in [0.717, 1.165) is 16.8 Å². The summed E-state index contributed by atoms with van der Waals surface area (Å²) in [5.74, 6) is 0. The molecule has 1 N–H and O–H groups in total. The van der Waals surface area contributed by atoms with E-state index in [4.69, 9.17) is 0 Å². The lowest BCUT2D eigenvalue weighted by Gasteiger charge is -2.34. The molecule has 0 saturated carbocycles. The van der Waals surface area contributed by atoms with Crippen LogP contribution in [0.3, 0.4) is 0 Å². The smallest absolute Gasteiger partial charge is 0.321 e. The first-order valence-corrected chi connectivity index (χ1v) is 10.4. The number of nitrogens with one attached hydrogen (secondary N) is 1. The maximum atomic E-state index is 12.7. The maximum absolute atomic E-state index is 12.7. The molecule has 0 unspecified atom stereocenters. The molecule has 27 heavy (non-hydrogen) atoms. The Bertz CT molecular complexity index is 931. The van der Waals surface area contributed by atoms with Crippen molar-refractivity contribution < 1.29 is 13.2 Å². The van der Waals surface area contributed by atoms with Gasteiger partial charge in [-0.3, -0.25) is 0 Å². The lowest BCUT2D eigenvalue weighted by Crippen LogP contribution is -2.51. The summed E-state index contributed by atoms with van der Waals surface area (Å²) in [6, 6.07) is 12.4. The molecule has 144 valence electrons. The summed E-state index contributed by atoms with van der Waals surface area (Å²) in [5.41, 5.74) is 4.05. The fraction of sp³-hybridized carbons (Fsp3) is 0.350. The Morgan fingerprint density at radius 1 is 0.889 bits per heavy atom. The molecule has 2 aromatic carbocycles. The van der Waals surface area contributed by atoms with Gasteiger partial charge in [0.2, 0.25) is 10.0 Å². The number of aryl methyl sites for hydroxylation is 3. The van der Waals surface area contributed by atoms with Gasteiger partial charge < -0.3 is 10.2 Å². The molecule has 0 radical (unpaired) electrons. The van der Waals surface area contributed by atoms with Crippen LogP contribution in [0.15, 0.2) is 47.4 Å². The fourth-order valence-corrected chi connectivity index (χ4v) is 4.43. The number of amides is 2. The van der Waals surface area contributed by atoms with Gasteiger partial charge in [0, 0.05) is 31.9 Å². The van der Waals surface area contributed by atoms with Gasteiger partial charge in [-0.05, 0) is 56.2 Å². The van der Waals surface area contributed by atoms with E-state index in [0.29, 0.717) is 18.0 Å². The molecule has 6 nitrogen and oxygen atoms in total. The van der Waals surface area contributed by atoms with Gasteiger partial charge in [0.15, 0.2) is 0 Å². The van der Waals surface area contributed by atoms with Crippen molar-refractivity contribution in [1.82, 2.24) is 9.21 Å². The Balaban J connectivity index is 1.61. The second kappa shape index (κ2) is 7.70. The van der Waals surface area contributed by atoms with Crippen LogP contribution in [-0.4, -0.2) is 49.8 Å². The van der Waals surface area contributed by atoms with Gasteiger partial charge >= 0.3 is 6.03 Å². The fourth-order valence-electron chi connectivity index (χ4n) is 3.01. The van der Waals surface area contributed by atoms with Crippen LogP contribution in [0.25, 0.3) is 0 Å². The minimum atomic E-state index is -3.52. The molecule has 0 atom stereocenters. The van der Waals surface area contributed by atoms with Gasteiger partial charge in [0.25, 0.3) is 0 Å². The Hall–Kier alpha value is -2.38. The lowest BCUT2D eigenvalue weighted by molar-refractivity contribution is 0.184. The summed E-state index contributed by atoms with van der Waals surface area (Å²) in [4.78, 5) is 14.4. The Kier molecular flexibility index (Phi) is 5.53. The molecule has 1 heterocycles. The van der Waals surface area contributed by atoms with E-state index < -0.39 is 10.0 Å². The van der Waals surface area contributed by atoms with Gasteiger partial charge in [-0.1, -0.05) is 23.8 Å². The van der Waals surface area contributed by atoms with Crippen LogP contribution in [-0.2, 0) is 10.0 Å². The van der Waals surface area contributed by atoms with E-state index in [9.17, 15) is 13.2 Å². The number of benzene rings is 2. The van der Waals surface area contributed by atoms with Gasteiger partial charge in [-0.15, -0.1) is 0 Å². The highest BCUT2D eigenvalue weighted by atomic mass is 32.2. The molecular formula is C20H25N3O3S. The van der Waals surface area contributed by atoms with Crippen LogP contribution < -0.4 is 5.32 Å². The number of anilines is 1. The number of carbonyl (C=O) groups is 1. The molecule has 1 aliphatic heterocycles.